The molecule has 148 valence electrons. The van der Waals surface area contributed by atoms with Crippen molar-refractivity contribution in [2.75, 3.05) is 19.6 Å². The zero-order chi connectivity index (χ0) is 19.7. The number of rotatable bonds is 11. The number of aryl methyl sites for hydroxylation is 1. The van der Waals surface area contributed by atoms with Crippen LogP contribution in [0, 0.1) is 0 Å². The Bertz CT molecular complexity index is 736. The van der Waals surface area contributed by atoms with Gasteiger partial charge in [-0.25, -0.2) is 4.68 Å². The van der Waals surface area contributed by atoms with Gasteiger partial charge in [-0.15, -0.1) is 10.2 Å². The van der Waals surface area contributed by atoms with Crippen molar-refractivity contribution in [1.29, 1.82) is 0 Å². The molecular weight excluding hydrogens is 346 g/mol. The Morgan fingerprint density at radius 3 is 2.48 bits per heavy atom. The highest BCUT2D eigenvalue weighted by Crippen LogP contribution is 2.13. The van der Waals surface area contributed by atoms with E-state index in [-0.39, 0.29) is 5.54 Å². The van der Waals surface area contributed by atoms with Crippen molar-refractivity contribution in [3.63, 3.8) is 0 Å². The SMILES string of the molecule is CC(C)(C)n1cc(CN(CCCN=[N+]=[N-])Cc2cn(CCCN)nn2)nn1. The van der Waals surface area contributed by atoms with Crippen LogP contribution in [0.2, 0.25) is 0 Å². The van der Waals surface area contributed by atoms with Crippen LogP contribution in [0.5, 0.6) is 0 Å². The minimum absolute atomic E-state index is 0.108. The predicted octanol–water partition coefficient (Wildman–Crippen LogP) is 1.68. The van der Waals surface area contributed by atoms with Crippen LogP contribution in [0.25, 0.3) is 10.4 Å². The molecule has 2 heterocycles. The lowest BCUT2D eigenvalue weighted by Gasteiger charge is -2.20. The summed E-state index contributed by atoms with van der Waals surface area (Å²) in [5, 5.41) is 20.5. The number of hydrogen-bond donors (Lipinski definition) is 1. The highest BCUT2D eigenvalue weighted by molar-refractivity contribution is 4.97. The summed E-state index contributed by atoms with van der Waals surface area (Å²) in [6, 6.07) is 0. The van der Waals surface area contributed by atoms with Gasteiger partial charge in [0.15, 0.2) is 0 Å². The molecule has 0 atom stereocenters. The summed E-state index contributed by atoms with van der Waals surface area (Å²) >= 11 is 0. The smallest absolute Gasteiger partial charge is 0.0967 e. The number of hydrogen-bond acceptors (Lipinski definition) is 7. The largest absolute Gasteiger partial charge is 0.330 e. The summed E-state index contributed by atoms with van der Waals surface area (Å²) in [6.45, 7) is 10.2. The highest BCUT2D eigenvalue weighted by Gasteiger charge is 2.17. The van der Waals surface area contributed by atoms with E-state index in [1.807, 2.05) is 21.8 Å². The predicted molar refractivity (Wildman–Crippen MR) is 101 cm³/mol. The average molecular weight is 375 g/mol. The summed E-state index contributed by atoms with van der Waals surface area (Å²) in [7, 11) is 0. The minimum Gasteiger partial charge on any atom is -0.330 e. The van der Waals surface area contributed by atoms with Crippen LogP contribution in [0.15, 0.2) is 17.5 Å². The monoisotopic (exact) mass is 375 g/mol. The fourth-order valence-electron chi connectivity index (χ4n) is 2.55. The second kappa shape index (κ2) is 10.0. The van der Waals surface area contributed by atoms with Crippen molar-refractivity contribution in [3.05, 3.63) is 34.2 Å². The van der Waals surface area contributed by atoms with Crippen molar-refractivity contribution in [3.8, 4) is 0 Å². The van der Waals surface area contributed by atoms with Crippen LogP contribution >= 0.6 is 0 Å². The van der Waals surface area contributed by atoms with Crippen LogP contribution in [-0.4, -0.2) is 54.5 Å². The van der Waals surface area contributed by atoms with Crippen LogP contribution in [0.3, 0.4) is 0 Å². The maximum atomic E-state index is 8.45. The van der Waals surface area contributed by atoms with E-state index in [4.69, 9.17) is 11.3 Å². The van der Waals surface area contributed by atoms with E-state index in [1.54, 1.807) is 0 Å². The quantitative estimate of drug-likeness (QED) is 0.274. The van der Waals surface area contributed by atoms with Gasteiger partial charge in [0.05, 0.1) is 23.1 Å². The molecule has 0 fully saturated rings. The summed E-state index contributed by atoms with van der Waals surface area (Å²) in [5.74, 6) is 0. The first kappa shape index (κ1) is 20.8. The number of nitrogens with zero attached hydrogens (tertiary/aromatic N) is 10. The van der Waals surface area contributed by atoms with E-state index < -0.39 is 0 Å². The standard InChI is InChI=1S/C16H29N11/c1-16(2,3)27-13-15(21-24-27)11-25(8-5-7-19-22-18)10-14-12-26(23-20-14)9-4-6-17/h12-13H,4-11,17H2,1-3H3. The van der Waals surface area contributed by atoms with Crippen molar-refractivity contribution in [2.45, 2.75) is 58.8 Å². The molecule has 0 saturated carbocycles. The van der Waals surface area contributed by atoms with Gasteiger partial charge in [-0.05, 0) is 52.2 Å². The minimum atomic E-state index is -0.108. The van der Waals surface area contributed by atoms with Crippen molar-refractivity contribution < 1.29 is 0 Å². The van der Waals surface area contributed by atoms with Crippen LogP contribution < -0.4 is 5.73 Å². The number of nitrogens with two attached hydrogens (primary N) is 1. The van der Waals surface area contributed by atoms with E-state index >= 15 is 0 Å². The van der Waals surface area contributed by atoms with Crippen LogP contribution in [0.4, 0.5) is 0 Å². The Labute approximate surface area is 159 Å². The second-order valence-corrected chi connectivity index (χ2v) is 7.46. The van der Waals surface area contributed by atoms with E-state index in [0.29, 0.717) is 26.2 Å². The van der Waals surface area contributed by atoms with E-state index in [0.717, 1.165) is 37.3 Å². The third kappa shape index (κ3) is 6.97. The normalized spacial score (nSPS) is 11.7. The van der Waals surface area contributed by atoms with E-state index in [1.165, 1.54) is 0 Å². The van der Waals surface area contributed by atoms with Gasteiger partial charge >= 0.3 is 0 Å². The van der Waals surface area contributed by atoms with Crippen molar-refractivity contribution >= 4 is 0 Å². The lowest BCUT2D eigenvalue weighted by atomic mass is 10.1. The molecule has 0 aromatic carbocycles. The van der Waals surface area contributed by atoms with E-state index in [2.05, 4.69) is 56.3 Å². The zero-order valence-electron chi connectivity index (χ0n) is 16.4. The summed E-state index contributed by atoms with van der Waals surface area (Å²) in [6.07, 6.45) is 5.55. The molecule has 0 saturated heterocycles. The van der Waals surface area contributed by atoms with Gasteiger partial charge in [0.25, 0.3) is 0 Å². The topological polar surface area (TPSA) is 139 Å². The van der Waals surface area contributed by atoms with Crippen molar-refractivity contribution in [2.24, 2.45) is 10.8 Å². The number of aromatic nitrogens is 6. The molecule has 2 N–H and O–H groups in total. The molecule has 2 rings (SSSR count). The van der Waals surface area contributed by atoms with Gasteiger partial charge in [-0.2, -0.15) is 0 Å². The van der Waals surface area contributed by atoms with Crippen LogP contribution in [0.1, 0.15) is 45.0 Å². The maximum Gasteiger partial charge on any atom is 0.0967 e. The molecule has 2 aromatic heterocycles. The Morgan fingerprint density at radius 1 is 1.15 bits per heavy atom. The molecule has 27 heavy (non-hydrogen) atoms. The fourth-order valence-corrected chi connectivity index (χ4v) is 2.55. The maximum absolute atomic E-state index is 8.45. The van der Waals surface area contributed by atoms with Gasteiger partial charge in [-0.3, -0.25) is 9.58 Å². The van der Waals surface area contributed by atoms with Crippen LogP contribution in [-0.2, 0) is 25.2 Å². The first-order valence-electron chi connectivity index (χ1n) is 9.16. The third-order valence-electron chi connectivity index (χ3n) is 3.97. The third-order valence-corrected chi connectivity index (χ3v) is 3.97. The Hall–Kier alpha value is -2.49. The first-order chi connectivity index (χ1) is 12.9. The Morgan fingerprint density at radius 2 is 1.85 bits per heavy atom. The van der Waals surface area contributed by atoms with E-state index in [9.17, 15) is 0 Å². The van der Waals surface area contributed by atoms with Gasteiger partial charge in [0, 0.05) is 37.3 Å². The molecule has 0 aliphatic heterocycles. The van der Waals surface area contributed by atoms with Crippen molar-refractivity contribution in [1.82, 2.24) is 34.9 Å². The molecular formula is C16H29N11. The Balaban J connectivity index is 2.02. The highest BCUT2D eigenvalue weighted by atomic mass is 15.5. The Kier molecular flexibility index (Phi) is 7.71. The molecule has 0 aliphatic carbocycles. The average Bonchev–Trinajstić information content (AvgIpc) is 3.26. The van der Waals surface area contributed by atoms with Gasteiger partial charge in [0.2, 0.25) is 0 Å². The summed E-state index contributed by atoms with van der Waals surface area (Å²) in [5.41, 5.74) is 15.7. The lowest BCUT2D eigenvalue weighted by Crippen LogP contribution is -2.25. The molecule has 11 heteroatoms. The molecule has 0 amide bonds. The van der Waals surface area contributed by atoms with Gasteiger partial charge < -0.3 is 5.73 Å². The molecule has 0 bridgehead atoms. The zero-order valence-corrected chi connectivity index (χ0v) is 16.4. The van der Waals surface area contributed by atoms with Gasteiger partial charge in [0.1, 0.15) is 0 Å². The molecule has 0 unspecified atom stereocenters. The molecule has 0 aliphatic rings. The fraction of sp³-hybridized carbons (Fsp3) is 0.750. The molecule has 11 nitrogen and oxygen atoms in total. The summed E-state index contributed by atoms with van der Waals surface area (Å²) < 4.78 is 3.68. The molecule has 0 radical (unpaired) electrons. The lowest BCUT2D eigenvalue weighted by molar-refractivity contribution is 0.249. The first-order valence-corrected chi connectivity index (χ1v) is 9.16. The summed E-state index contributed by atoms with van der Waals surface area (Å²) in [4.78, 5) is 5.02. The second-order valence-electron chi connectivity index (χ2n) is 7.46. The molecule has 2 aromatic rings. The molecule has 0 spiro atoms. The number of azide groups is 1. The van der Waals surface area contributed by atoms with Gasteiger partial charge in [-0.1, -0.05) is 15.5 Å².